The Morgan fingerprint density at radius 3 is 3.05 bits per heavy atom. The van der Waals surface area contributed by atoms with Crippen LogP contribution in [0.3, 0.4) is 0 Å². The SMILES string of the molecule is CCCC1(CC2OCCc3ccccc32)CCCCCN1. The summed E-state index contributed by atoms with van der Waals surface area (Å²) in [5.74, 6) is 0. The molecular formula is C19H29NO. The molecule has 2 heterocycles. The number of benzene rings is 1. The molecule has 0 aromatic heterocycles. The Morgan fingerprint density at radius 2 is 2.14 bits per heavy atom. The minimum atomic E-state index is 0.284. The van der Waals surface area contributed by atoms with E-state index in [1.807, 2.05) is 0 Å². The molecule has 2 heteroatoms. The molecular weight excluding hydrogens is 258 g/mol. The van der Waals surface area contributed by atoms with Crippen molar-refractivity contribution in [3.05, 3.63) is 35.4 Å². The summed E-state index contributed by atoms with van der Waals surface area (Å²) in [6, 6.07) is 8.87. The fraction of sp³-hybridized carbons (Fsp3) is 0.684. The molecule has 0 bridgehead atoms. The highest BCUT2D eigenvalue weighted by Gasteiger charge is 2.35. The van der Waals surface area contributed by atoms with Gasteiger partial charge in [-0.15, -0.1) is 0 Å². The van der Waals surface area contributed by atoms with Crippen LogP contribution in [0, 0.1) is 0 Å². The van der Waals surface area contributed by atoms with Crippen LogP contribution in [0.1, 0.15) is 69.1 Å². The first-order chi connectivity index (χ1) is 10.3. The van der Waals surface area contributed by atoms with Crippen LogP contribution >= 0.6 is 0 Å². The summed E-state index contributed by atoms with van der Waals surface area (Å²) in [7, 11) is 0. The maximum atomic E-state index is 6.18. The van der Waals surface area contributed by atoms with Gasteiger partial charge in [-0.3, -0.25) is 0 Å². The number of rotatable bonds is 4. The smallest absolute Gasteiger partial charge is 0.0845 e. The third-order valence-corrected chi connectivity index (χ3v) is 5.23. The van der Waals surface area contributed by atoms with Crippen LogP contribution in [-0.2, 0) is 11.2 Å². The van der Waals surface area contributed by atoms with Crippen molar-refractivity contribution in [3.8, 4) is 0 Å². The highest BCUT2D eigenvalue weighted by Crippen LogP contribution is 2.38. The molecule has 2 aliphatic rings. The molecule has 0 aliphatic carbocycles. The van der Waals surface area contributed by atoms with Gasteiger partial charge in [0.15, 0.2) is 0 Å². The highest BCUT2D eigenvalue weighted by molar-refractivity contribution is 5.31. The summed E-state index contributed by atoms with van der Waals surface area (Å²) in [6.07, 6.45) is 10.4. The second-order valence-corrected chi connectivity index (χ2v) is 6.78. The molecule has 1 N–H and O–H groups in total. The summed E-state index contributed by atoms with van der Waals surface area (Å²) in [5.41, 5.74) is 3.22. The Bertz CT molecular complexity index is 449. The normalized spacial score (nSPS) is 29.7. The lowest BCUT2D eigenvalue weighted by atomic mass is 9.80. The van der Waals surface area contributed by atoms with Crippen molar-refractivity contribution in [2.24, 2.45) is 0 Å². The van der Waals surface area contributed by atoms with Gasteiger partial charge in [-0.05, 0) is 49.8 Å². The van der Waals surface area contributed by atoms with Gasteiger partial charge >= 0.3 is 0 Å². The average molecular weight is 287 g/mol. The molecule has 1 aromatic carbocycles. The van der Waals surface area contributed by atoms with Gasteiger partial charge in [0.05, 0.1) is 12.7 Å². The van der Waals surface area contributed by atoms with E-state index in [9.17, 15) is 0 Å². The average Bonchev–Trinajstić information content (AvgIpc) is 2.74. The molecule has 1 saturated heterocycles. The Kier molecular flexibility index (Phi) is 4.97. The fourth-order valence-corrected chi connectivity index (χ4v) is 4.18. The van der Waals surface area contributed by atoms with Gasteiger partial charge in [0.2, 0.25) is 0 Å². The molecule has 0 spiro atoms. The van der Waals surface area contributed by atoms with Crippen LogP contribution in [-0.4, -0.2) is 18.7 Å². The van der Waals surface area contributed by atoms with Crippen LogP contribution in [0.2, 0.25) is 0 Å². The van der Waals surface area contributed by atoms with E-state index >= 15 is 0 Å². The lowest BCUT2D eigenvalue weighted by Gasteiger charge is -2.39. The third-order valence-electron chi connectivity index (χ3n) is 5.23. The molecule has 116 valence electrons. The molecule has 1 aromatic rings. The third kappa shape index (κ3) is 3.49. The Hall–Kier alpha value is -0.860. The van der Waals surface area contributed by atoms with E-state index in [4.69, 9.17) is 4.74 Å². The van der Waals surface area contributed by atoms with Crippen molar-refractivity contribution in [2.45, 2.75) is 69.9 Å². The second kappa shape index (κ2) is 6.93. The van der Waals surface area contributed by atoms with E-state index in [1.54, 1.807) is 0 Å². The molecule has 2 aliphatic heterocycles. The largest absolute Gasteiger partial charge is 0.373 e. The lowest BCUT2D eigenvalue weighted by Crippen LogP contribution is -2.46. The molecule has 0 saturated carbocycles. The monoisotopic (exact) mass is 287 g/mol. The molecule has 0 radical (unpaired) electrons. The van der Waals surface area contributed by atoms with Gasteiger partial charge in [-0.1, -0.05) is 50.5 Å². The van der Waals surface area contributed by atoms with Gasteiger partial charge in [0.25, 0.3) is 0 Å². The van der Waals surface area contributed by atoms with Gasteiger partial charge in [0.1, 0.15) is 0 Å². The van der Waals surface area contributed by atoms with Crippen molar-refractivity contribution in [2.75, 3.05) is 13.2 Å². The minimum absolute atomic E-state index is 0.284. The van der Waals surface area contributed by atoms with Crippen molar-refractivity contribution in [3.63, 3.8) is 0 Å². The van der Waals surface area contributed by atoms with Gasteiger partial charge in [0, 0.05) is 5.54 Å². The first-order valence-electron chi connectivity index (χ1n) is 8.77. The first kappa shape index (κ1) is 15.1. The summed E-state index contributed by atoms with van der Waals surface area (Å²) in [6.45, 7) is 4.36. The minimum Gasteiger partial charge on any atom is -0.373 e. The number of fused-ring (bicyclic) bond motifs is 1. The van der Waals surface area contributed by atoms with Crippen molar-refractivity contribution in [1.29, 1.82) is 0 Å². The zero-order valence-corrected chi connectivity index (χ0v) is 13.4. The van der Waals surface area contributed by atoms with Crippen LogP contribution in [0.5, 0.6) is 0 Å². The highest BCUT2D eigenvalue weighted by atomic mass is 16.5. The zero-order valence-electron chi connectivity index (χ0n) is 13.4. The number of hydrogen-bond donors (Lipinski definition) is 1. The van der Waals surface area contributed by atoms with E-state index in [2.05, 4.69) is 36.5 Å². The first-order valence-corrected chi connectivity index (χ1v) is 8.77. The van der Waals surface area contributed by atoms with Crippen molar-refractivity contribution < 1.29 is 4.74 Å². The van der Waals surface area contributed by atoms with Crippen LogP contribution in [0.25, 0.3) is 0 Å². The zero-order chi connectivity index (χ0) is 14.5. The number of nitrogens with one attached hydrogen (secondary N) is 1. The summed E-state index contributed by atoms with van der Waals surface area (Å²) in [4.78, 5) is 0. The Morgan fingerprint density at radius 1 is 1.24 bits per heavy atom. The predicted octanol–water partition coefficient (Wildman–Crippen LogP) is 4.39. The molecule has 1 fully saturated rings. The molecule has 21 heavy (non-hydrogen) atoms. The van der Waals surface area contributed by atoms with Crippen LogP contribution < -0.4 is 5.32 Å². The van der Waals surface area contributed by atoms with E-state index in [-0.39, 0.29) is 6.10 Å². The van der Waals surface area contributed by atoms with E-state index in [0.717, 1.165) is 19.4 Å². The molecule has 2 unspecified atom stereocenters. The number of ether oxygens (including phenoxy) is 1. The predicted molar refractivity (Wildman–Crippen MR) is 87.6 cm³/mol. The van der Waals surface area contributed by atoms with Crippen LogP contribution in [0.15, 0.2) is 24.3 Å². The van der Waals surface area contributed by atoms with Crippen molar-refractivity contribution in [1.82, 2.24) is 5.32 Å². The van der Waals surface area contributed by atoms with Crippen LogP contribution in [0.4, 0.5) is 0 Å². The van der Waals surface area contributed by atoms with E-state index < -0.39 is 0 Å². The fourth-order valence-electron chi connectivity index (χ4n) is 4.18. The van der Waals surface area contributed by atoms with Gasteiger partial charge in [-0.25, -0.2) is 0 Å². The summed E-state index contributed by atoms with van der Waals surface area (Å²) >= 11 is 0. The topological polar surface area (TPSA) is 21.3 Å². The van der Waals surface area contributed by atoms with Gasteiger partial charge < -0.3 is 10.1 Å². The summed E-state index contributed by atoms with van der Waals surface area (Å²) < 4.78 is 6.18. The Balaban J connectivity index is 1.80. The van der Waals surface area contributed by atoms with Gasteiger partial charge in [-0.2, -0.15) is 0 Å². The quantitative estimate of drug-likeness (QED) is 0.886. The standard InChI is InChI=1S/C19H29NO/c1-2-11-19(12-6-3-7-13-20-19)15-18-17-9-5-4-8-16(17)10-14-21-18/h4-5,8-9,18,20H,2-3,6-7,10-15H2,1H3. The molecule has 2 nitrogen and oxygen atoms in total. The van der Waals surface area contributed by atoms with E-state index in [1.165, 1.54) is 56.2 Å². The Labute approximate surface area is 129 Å². The maximum Gasteiger partial charge on any atom is 0.0845 e. The molecule has 3 rings (SSSR count). The maximum absolute atomic E-state index is 6.18. The van der Waals surface area contributed by atoms with E-state index in [0.29, 0.717) is 5.54 Å². The molecule has 0 amide bonds. The summed E-state index contributed by atoms with van der Waals surface area (Å²) in [5, 5.41) is 3.89. The van der Waals surface area contributed by atoms with Crippen molar-refractivity contribution >= 4 is 0 Å². The number of hydrogen-bond acceptors (Lipinski definition) is 2. The molecule has 2 atom stereocenters. The second-order valence-electron chi connectivity index (χ2n) is 6.78. The lowest BCUT2D eigenvalue weighted by molar-refractivity contribution is 0.0125.